The maximum Gasteiger partial charge on any atom is 0.396 e. The van der Waals surface area contributed by atoms with E-state index in [2.05, 4.69) is 14.7 Å². The minimum atomic E-state index is -4.33. The van der Waals surface area contributed by atoms with Gasteiger partial charge >= 0.3 is 6.18 Å². The van der Waals surface area contributed by atoms with E-state index in [0.717, 1.165) is 0 Å². The van der Waals surface area contributed by atoms with Crippen molar-refractivity contribution in [1.29, 1.82) is 5.26 Å². The molecule has 1 rings (SSSR count). The number of nitrogens with zero attached hydrogens (tertiary/aromatic N) is 3. The van der Waals surface area contributed by atoms with Gasteiger partial charge in [0, 0.05) is 0 Å². The minimum Gasteiger partial charge on any atom is -0.338 e. The molecule has 15 heavy (non-hydrogen) atoms. The summed E-state index contributed by atoms with van der Waals surface area (Å²) >= 11 is 1.20. The fourth-order valence-electron chi connectivity index (χ4n) is 0.784. The second-order valence-corrected chi connectivity index (χ2v) is 3.53. The van der Waals surface area contributed by atoms with Crippen LogP contribution in [0.5, 0.6) is 0 Å². The van der Waals surface area contributed by atoms with Crippen LogP contribution in [0, 0.1) is 11.3 Å². The van der Waals surface area contributed by atoms with Gasteiger partial charge < -0.3 is 4.52 Å². The monoisotopic (exact) mass is 237 g/mol. The van der Waals surface area contributed by atoms with Crippen LogP contribution in [0.25, 0.3) is 0 Å². The lowest BCUT2D eigenvalue weighted by atomic mass is 10.4. The van der Waals surface area contributed by atoms with Crippen molar-refractivity contribution < 1.29 is 17.7 Å². The molecule has 1 aromatic rings. The molecular weight excluding hydrogens is 231 g/mol. The molecule has 0 aliphatic rings. The lowest BCUT2D eigenvalue weighted by Crippen LogP contribution is -2.12. The Kier molecular flexibility index (Phi) is 3.96. The van der Waals surface area contributed by atoms with Gasteiger partial charge in [-0.2, -0.15) is 23.4 Å². The van der Waals surface area contributed by atoms with E-state index in [1.165, 1.54) is 11.8 Å². The third-order valence-corrected chi connectivity index (χ3v) is 2.05. The van der Waals surface area contributed by atoms with Gasteiger partial charge in [0.1, 0.15) is 6.42 Å². The van der Waals surface area contributed by atoms with Crippen LogP contribution < -0.4 is 0 Å². The van der Waals surface area contributed by atoms with Gasteiger partial charge in [-0.3, -0.25) is 0 Å². The van der Waals surface area contributed by atoms with Gasteiger partial charge in [-0.25, -0.2) is 0 Å². The number of alkyl halides is 3. The molecule has 0 saturated heterocycles. The van der Waals surface area contributed by atoms with Gasteiger partial charge in [0.2, 0.25) is 5.89 Å². The predicted octanol–water partition coefficient (Wildman–Crippen LogP) is 1.93. The first-order chi connectivity index (χ1) is 7.01. The fourth-order valence-corrected chi connectivity index (χ4v) is 1.27. The number of rotatable bonds is 4. The van der Waals surface area contributed by atoms with Crippen LogP contribution in [-0.2, 0) is 12.2 Å². The van der Waals surface area contributed by atoms with E-state index < -0.39 is 12.6 Å². The Hall–Kier alpha value is -1.23. The number of halogens is 3. The van der Waals surface area contributed by atoms with Crippen LogP contribution in [0.2, 0.25) is 0 Å². The highest BCUT2D eigenvalue weighted by atomic mass is 32.2. The summed E-state index contributed by atoms with van der Waals surface area (Å²) in [4.78, 5) is 3.54. The summed E-state index contributed by atoms with van der Waals surface area (Å²) in [6.45, 7) is 0. The van der Waals surface area contributed by atoms with Gasteiger partial charge in [-0.15, -0.1) is 11.8 Å². The summed E-state index contributed by atoms with van der Waals surface area (Å²) in [5, 5.41) is 11.4. The quantitative estimate of drug-likeness (QED) is 0.749. The van der Waals surface area contributed by atoms with Gasteiger partial charge in [-0.1, -0.05) is 5.16 Å². The lowest BCUT2D eigenvalue weighted by Gasteiger charge is -1.99. The smallest absolute Gasteiger partial charge is 0.338 e. The molecule has 82 valence electrons. The Morgan fingerprint density at radius 1 is 1.47 bits per heavy atom. The number of thioether (sulfide) groups is 1. The molecule has 0 aliphatic carbocycles. The second kappa shape index (κ2) is 5.02. The van der Waals surface area contributed by atoms with Gasteiger partial charge in [0.15, 0.2) is 5.82 Å². The van der Waals surface area contributed by atoms with E-state index in [0.29, 0.717) is 0 Å². The summed E-state index contributed by atoms with van der Waals surface area (Å²) < 4.78 is 40.2. The summed E-state index contributed by atoms with van der Waals surface area (Å²) in [5.74, 6) is 0.208. The van der Waals surface area contributed by atoms with Crippen molar-refractivity contribution in [2.45, 2.75) is 18.3 Å². The van der Waals surface area contributed by atoms with Crippen LogP contribution in [0.1, 0.15) is 11.7 Å². The molecule has 4 nitrogen and oxygen atoms in total. The summed E-state index contributed by atoms with van der Waals surface area (Å²) in [7, 11) is 0. The van der Waals surface area contributed by atoms with Crippen LogP contribution in [0.3, 0.4) is 0 Å². The second-order valence-electron chi connectivity index (χ2n) is 2.55. The average Bonchev–Trinajstić information content (AvgIpc) is 2.50. The highest BCUT2D eigenvalue weighted by Crippen LogP contribution is 2.20. The van der Waals surface area contributed by atoms with E-state index in [-0.39, 0.29) is 23.2 Å². The lowest BCUT2D eigenvalue weighted by molar-refractivity contribution is -0.128. The van der Waals surface area contributed by atoms with Gasteiger partial charge in [-0.05, 0) is 0 Å². The molecule has 0 radical (unpaired) electrons. The molecule has 0 amide bonds. The molecule has 0 bridgehead atoms. The SMILES string of the molecule is N#CCSCc1nc(CC(F)(F)F)no1. The van der Waals surface area contributed by atoms with E-state index in [1.807, 2.05) is 6.07 Å². The number of nitriles is 1. The Bertz CT molecular complexity index is 357. The van der Waals surface area contributed by atoms with Crippen molar-refractivity contribution in [3.05, 3.63) is 11.7 Å². The van der Waals surface area contributed by atoms with E-state index >= 15 is 0 Å². The highest BCUT2D eigenvalue weighted by molar-refractivity contribution is 7.98. The number of hydrogen-bond acceptors (Lipinski definition) is 5. The normalized spacial score (nSPS) is 11.3. The molecule has 0 aromatic carbocycles. The molecule has 0 aliphatic heterocycles. The largest absolute Gasteiger partial charge is 0.396 e. The first-order valence-electron chi connectivity index (χ1n) is 3.84. The van der Waals surface area contributed by atoms with Crippen molar-refractivity contribution in [3.63, 3.8) is 0 Å². The zero-order chi connectivity index (χ0) is 11.3. The predicted molar refractivity (Wildman–Crippen MR) is 45.8 cm³/mol. The van der Waals surface area contributed by atoms with Crippen molar-refractivity contribution >= 4 is 11.8 Å². The van der Waals surface area contributed by atoms with Crippen molar-refractivity contribution in [1.82, 2.24) is 10.1 Å². The first-order valence-corrected chi connectivity index (χ1v) is 4.99. The van der Waals surface area contributed by atoms with Gasteiger partial charge in [0.25, 0.3) is 0 Å². The van der Waals surface area contributed by atoms with Crippen LogP contribution in [0.15, 0.2) is 4.52 Å². The highest BCUT2D eigenvalue weighted by Gasteiger charge is 2.30. The molecule has 8 heteroatoms. The maximum absolute atomic E-state index is 11.9. The van der Waals surface area contributed by atoms with E-state index in [1.54, 1.807) is 0 Å². The third-order valence-electron chi connectivity index (χ3n) is 1.26. The Morgan fingerprint density at radius 3 is 2.80 bits per heavy atom. The first kappa shape index (κ1) is 11.8. The summed E-state index contributed by atoms with van der Waals surface area (Å²) in [6.07, 6.45) is -5.53. The molecule has 0 saturated carbocycles. The molecule has 0 unspecified atom stereocenters. The van der Waals surface area contributed by atoms with Crippen molar-refractivity contribution in [2.24, 2.45) is 0 Å². The topological polar surface area (TPSA) is 62.7 Å². The van der Waals surface area contributed by atoms with Crippen molar-refractivity contribution in [3.8, 4) is 6.07 Å². The molecule has 1 heterocycles. The van der Waals surface area contributed by atoms with Crippen LogP contribution in [-0.4, -0.2) is 22.1 Å². The fraction of sp³-hybridized carbons (Fsp3) is 0.571. The zero-order valence-corrected chi connectivity index (χ0v) is 8.23. The van der Waals surface area contributed by atoms with Gasteiger partial charge in [0.05, 0.1) is 17.6 Å². The Morgan fingerprint density at radius 2 is 2.20 bits per heavy atom. The van der Waals surface area contributed by atoms with E-state index in [9.17, 15) is 13.2 Å². The Labute approximate surface area is 87.5 Å². The summed E-state index contributed by atoms with van der Waals surface area (Å²) in [6, 6.07) is 1.88. The third kappa shape index (κ3) is 4.69. The molecule has 0 spiro atoms. The number of hydrogen-bond donors (Lipinski definition) is 0. The van der Waals surface area contributed by atoms with Crippen molar-refractivity contribution in [2.75, 3.05) is 5.75 Å². The maximum atomic E-state index is 11.9. The Balaban J connectivity index is 2.46. The molecule has 0 atom stereocenters. The summed E-state index contributed by atoms with van der Waals surface area (Å²) in [5.41, 5.74) is 0. The molecule has 1 aromatic heterocycles. The molecule has 0 fully saturated rings. The number of aromatic nitrogens is 2. The van der Waals surface area contributed by atoms with Crippen LogP contribution in [0.4, 0.5) is 13.2 Å². The van der Waals surface area contributed by atoms with E-state index in [4.69, 9.17) is 5.26 Å². The average molecular weight is 237 g/mol. The zero-order valence-electron chi connectivity index (χ0n) is 7.41. The molecular formula is C7H6F3N3OS. The standard InChI is InChI=1S/C7H6F3N3OS/c8-7(9,10)3-5-12-6(14-13-5)4-15-2-1-11/h2-4H2. The van der Waals surface area contributed by atoms with Crippen LogP contribution >= 0.6 is 11.8 Å². The minimum absolute atomic E-state index is 0.106. The molecule has 0 N–H and O–H groups in total.